The first-order chi connectivity index (χ1) is 7.61. The molecule has 3 nitrogen and oxygen atoms in total. The van der Waals surface area contributed by atoms with Crippen LogP contribution in [-0.2, 0) is 0 Å². The summed E-state index contributed by atoms with van der Waals surface area (Å²) < 4.78 is 0. The molecule has 0 aromatic heterocycles. The standard InChI is InChI=1S/C13H25N3/c1-3-13(2)7-4-6-11(15)12(10-13)16-9-5-8-14/h11-12,16H,3-7,9-10,15H2,1-2H3. The molecule has 0 aromatic rings. The van der Waals surface area contributed by atoms with Gasteiger partial charge in [0, 0.05) is 25.0 Å². The third-order valence-electron chi connectivity index (χ3n) is 4.04. The summed E-state index contributed by atoms with van der Waals surface area (Å²) in [6, 6.07) is 2.82. The average Bonchev–Trinajstić information content (AvgIpc) is 2.41. The second-order valence-corrected chi connectivity index (χ2v) is 5.39. The van der Waals surface area contributed by atoms with Crippen LogP contribution in [0, 0.1) is 16.7 Å². The molecule has 0 radical (unpaired) electrons. The van der Waals surface area contributed by atoms with E-state index in [1.165, 1.54) is 19.3 Å². The Bertz CT molecular complexity index is 246. The van der Waals surface area contributed by atoms with Gasteiger partial charge in [0.15, 0.2) is 0 Å². The molecule has 3 N–H and O–H groups in total. The minimum atomic E-state index is 0.257. The highest BCUT2D eigenvalue weighted by molar-refractivity contribution is 4.90. The summed E-state index contributed by atoms with van der Waals surface area (Å²) in [5, 5.41) is 12.0. The lowest BCUT2D eigenvalue weighted by atomic mass is 9.79. The SMILES string of the molecule is CCC1(C)CCCC(N)C(NCCC#N)C1. The van der Waals surface area contributed by atoms with Crippen molar-refractivity contribution in [3.8, 4) is 6.07 Å². The van der Waals surface area contributed by atoms with Crippen molar-refractivity contribution >= 4 is 0 Å². The van der Waals surface area contributed by atoms with E-state index < -0.39 is 0 Å². The molecule has 92 valence electrons. The summed E-state index contributed by atoms with van der Waals surface area (Å²) in [6.07, 6.45) is 6.58. The summed E-state index contributed by atoms with van der Waals surface area (Å²) in [5.41, 5.74) is 6.62. The minimum absolute atomic E-state index is 0.257. The van der Waals surface area contributed by atoms with E-state index in [-0.39, 0.29) is 6.04 Å². The fourth-order valence-corrected chi connectivity index (χ4v) is 2.61. The largest absolute Gasteiger partial charge is 0.326 e. The smallest absolute Gasteiger partial charge is 0.0635 e. The summed E-state index contributed by atoms with van der Waals surface area (Å²) in [5.74, 6) is 0. The summed E-state index contributed by atoms with van der Waals surface area (Å²) in [4.78, 5) is 0. The van der Waals surface area contributed by atoms with Gasteiger partial charge >= 0.3 is 0 Å². The Labute approximate surface area is 99.4 Å². The van der Waals surface area contributed by atoms with Gasteiger partial charge in [0.2, 0.25) is 0 Å². The second-order valence-electron chi connectivity index (χ2n) is 5.39. The van der Waals surface area contributed by atoms with Gasteiger partial charge in [-0.1, -0.05) is 26.7 Å². The zero-order valence-electron chi connectivity index (χ0n) is 10.6. The Kier molecular flexibility index (Phi) is 5.24. The van der Waals surface area contributed by atoms with Crippen molar-refractivity contribution in [3.63, 3.8) is 0 Å². The maximum atomic E-state index is 8.54. The molecule has 0 amide bonds. The number of hydrogen-bond acceptors (Lipinski definition) is 3. The van der Waals surface area contributed by atoms with Gasteiger partial charge in [-0.05, 0) is 24.7 Å². The predicted octanol–water partition coefficient (Wildman–Crippen LogP) is 2.18. The zero-order chi connectivity index (χ0) is 12.0. The quantitative estimate of drug-likeness (QED) is 0.567. The molecule has 1 rings (SSSR count). The Balaban J connectivity index is 2.53. The molecule has 3 unspecified atom stereocenters. The topological polar surface area (TPSA) is 61.8 Å². The lowest BCUT2D eigenvalue weighted by Crippen LogP contribution is -2.46. The fraction of sp³-hybridized carbons (Fsp3) is 0.923. The number of nitrogens with zero attached hydrogens (tertiary/aromatic N) is 1. The molecule has 3 heteroatoms. The highest BCUT2D eigenvalue weighted by Crippen LogP contribution is 2.37. The molecule has 16 heavy (non-hydrogen) atoms. The molecule has 0 heterocycles. The highest BCUT2D eigenvalue weighted by atomic mass is 15.0. The van der Waals surface area contributed by atoms with Gasteiger partial charge < -0.3 is 11.1 Å². The van der Waals surface area contributed by atoms with Crippen LogP contribution in [-0.4, -0.2) is 18.6 Å². The van der Waals surface area contributed by atoms with Crippen LogP contribution in [0.4, 0.5) is 0 Å². The molecule has 1 aliphatic rings. The van der Waals surface area contributed by atoms with Gasteiger partial charge in [0.25, 0.3) is 0 Å². The first-order valence-electron chi connectivity index (χ1n) is 6.47. The molecule has 0 aliphatic heterocycles. The van der Waals surface area contributed by atoms with Crippen molar-refractivity contribution < 1.29 is 0 Å². The Morgan fingerprint density at radius 2 is 2.31 bits per heavy atom. The van der Waals surface area contributed by atoms with Crippen molar-refractivity contribution in [3.05, 3.63) is 0 Å². The summed E-state index contributed by atoms with van der Waals surface area (Å²) >= 11 is 0. The number of nitriles is 1. The van der Waals surface area contributed by atoms with Crippen LogP contribution in [0.3, 0.4) is 0 Å². The minimum Gasteiger partial charge on any atom is -0.326 e. The molecular weight excluding hydrogens is 198 g/mol. The van der Waals surface area contributed by atoms with E-state index in [2.05, 4.69) is 25.2 Å². The normalized spacial score (nSPS) is 35.4. The fourth-order valence-electron chi connectivity index (χ4n) is 2.61. The number of rotatable bonds is 4. The van der Waals surface area contributed by atoms with Crippen LogP contribution in [0.5, 0.6) is 0 Å². The summed E-state index contributed by atoms with van der Waals surface area (Å²) in [7, 11) is 0. The monoisotopic (exact) mass is 223 g/mol. The van der Waals surface area contributed by atoms with Crippen molar-refractivity contribution in [1.82, 2.24) is 5.32 Å². The second kappa shape index (κ2) is 6.22. The number of nitrogens with two attached hydrogens (primary N) is 1. The van der Waals surface area contributed by atoms with Crippen molar-refractivity contribution in [2.45, 2.75) is 64.5 Å². The first-order valence-corrected chi connectivity index (χ1v) is 6.47. The Morgan fingerprint density at radius 3 is 2.94 bits per heavy atom. The molecule has 1 aliphatic carbocycles. The van der Waals surface area contributed by atoms with Gasteiger partial charge in [-0.15, -0.1) is 0 Å². The van der Waals surface area contributed by atoms with E-state index in [4.69, 9.17) is 11.0 Å². The summed E-state index contributed by atoms with van der Waals surface area (Å²) in [6.45, 7) is 5.40. The lowest BCUT2D eigenvalue weighted by molar-refractivity contribution is 0.235. The van der Waals surface area contributed by atoms with E-state index in [1.54, 1.807) is 0 Å². The molecule has 0 saturated heterocycles. The van der Waals surface area contributed by atoms with Crippen molar-refractivity contribution in [2.75, 3.05) is 6.54 Å². The number of hydrogen-bond donors (Lipinski definition) is 2. The zero-order valence-corrected chi connectivity index (χ0v) is 10.6. The number of nitrogens with one attached hydrogen (secondary N) is 1. The van der Waals surface area contributed by atoms with Crippen LogP contribution in [0.1, 0.15) is 52.4 Å². The maximum absolute atomic E-state index is 8.54. The van der Waals surface area contributed by atoms with Crippen LogP contribution in [0.15, 0.2) is 0 Å². The van der Waals surface area contributed by atoms with Crippen molar-refractivity contribution in [2.24, 2.45) is 11.1 Å². The van der Waals surface area contributed by atoms with E-state index in [1.807, 2.05) is 0 Å². The first kappa shape index (κ1) is 13.5. The molecule has 1 fully saturated rings. The molecule has 0 spiro atoms. The van der Waals surface area contributed by atoms with Gasteiger partial charge in [-0.3, -0.25) is 0 Å². The molecule has 3 atom stereocenters. The Hall–Kier alpha value is -0.590. The Morgan fingerprint density at radius 1 is 1.56 bits per heavy atom. The van der Waals surface area contributed by atoms with Crippen LogP contribution >= 0.6 is 0 Å². The predicted molar refractivity (Wildman–Crippen MR) is 66.9 cm³/mol. The van der Waals surface area contributed by atoms with E-state index in [0.29, 0.717) is 17.9 Å². The van der Waals surface area contributed by atoms with Gasteiger partial charge in [-0.25, -0.2) is 0 Å². The van der Waals surface area contributed by atoms with Crippen LogP contribution in [0.2, 0.25) is 0 Å². The van der Waals surface area contributed by atoms with Crippen LogP contribution < -0.4 is 11.1 Å². The van der Waals surface area contributed by atoms with Gasteiger partial charge in [-0.2, -0.15) is 5.26 Å². The van der Waals surface area contributed by atoms with E-state index in [0.717, 1.165) is 19.4 Å². The van der Waals surface area contributed by atoms with Gasteiger partial charge in [0.05, 0.1) is 6.07 Å². The van der Waals surface area contributed by atoms with E-state index >= 15 is 0 Å². The van der Waals surface area contributed by atoms with Crippen LogP contribution in [0.25, 0.3) is 0 Å². The third-order valence-corrected chi connectivity index (χ3v) is 4.04. The lowest BCUT2D eigenvalue weighted by Gasteiger charge is -2.31. The molecule has 1 saturated carbocycles. The highest BCUT2D eigenvalue weighted by Gasteiger charge is 2.32. The van der Waals surface area contributed by atoms with Gasteiger partial charge in [0.1, 0.15) is 0 Å². The molecule has 0 aromatic carbocycles. The maximum Gasteiger partial charge on any atom is 0.0635 e. The van der Waals surface area contributed by atoms with Crippen molar-refractivity contribution in [1.29, 1.82) is 5.26 Å². The average molecular weight is 223 g/mol. The molecule has 0 bridgehead atoms. The molecular formula is C13H25N3. The third kappa shape index (κ3) is 3.77. The van der Waals surface area contributed by atoms with E-state index in [9.17, 15) is 0 Å².